The van der Waals surface area contributed by atoms with Crippen LogP contribution in [-0.2, 0) is 18.8 Å². The molecule has 0 saturated carbocycles. The van der Waals surface area contributed by atoms with Crippen LogP contribution in [0.5, 0.6) is 0 Å². The Morgan fingerprint density at radius 3 is 1.42 bits per heavy atom. The molecule has 2 aromatic heterocycles. The maximum atomic E-state index is 5.47. The van der Waals surface area contributed by atoms with Crippen LogP contribution in [0.1, 0.15) is 61.1 Å². The van der Waals surface area contributed by atoms with Gasteiger partial charge >= 0.3 is 5.91 Å². The fourth-order valence-electron chi connectivity index (χ4n) is 8.15. The predicted molar refractivity (Wildman–Crippen MR) is 175 cm³/mol. The van der Waals surface area contributed by atoms with E-state index in [-0.39, 0.29) is 0 Å². The van der Waals surface area contributed by atoms with Gasteiger partial charge in [-0.3, -0.25) is 0 Å². The monoisotopic (exact) mass is 586 g/mol. The molecule has 8 heteroatoms. The third-order valence-electron chi connectivity index (χ3n) is 9.68. The van der Waals surface area contributed by atoms with Gasteiger partial charge in [-0.2, -0.15) is 9.13 Å². The van der Waals surface area contributed by atoms with E-state index in [4.69, 9.17) is 20.0 Å². The van der Waals surface area contributed by atoms with E-state index in [1.807, 2.05) is 27.7 Å². The molecule has 1 aliphatic carbocycles. The number of allylic oxidation sites excluding steroid dienone is 2. The number of aliphatic imine (C=N–C) groups is 2. The molecule has 216 valence electrons. The van der Waals surface area contributed by atoms with Crippen molar-refractivity contribution in [3.63, 3.8) is 0 Å². The van der Waals surface area contributed by atoms with Gasteiger partial charge in [0.1, 0.15) is 0 Å². The molecule has 0 saturated heterocycles. The molecule has 0 bridgehead atoms. The van der Waals surface area contributed by atoms with E-state index in [2.05, 4.69) is 103 Å². The minimum Gasteiger partial charge on any atom is -0.193 e. The van der Waals surface area contributed by atoms with Crippen molar-refractivity contribution in [2.45, 2.75) is 46.4 Å². The molecule has 8 heterocycles. The Labute approximate surface area is 259 Å². The van der Waals surface area contributed by atoms with E-state index in [1.165, 1.54) is 11.1 Å². The molecule has 45 heavy (non-hydrogen) atoms. The molecule has 3 aromatic carbocycles. The Balaban J connectivity index is 0.000000640. The first kappa shape index (κ1) is 24.9. The van der Waals surface area contributed by atoms with E-state index in [1.54, 1.807) is 0 Å². The van der Waals surface area contributed by atoms with Gasteiger partial charge in [-0.05, 0) is 49.2 Å². The van der Waals surface area contributed by atoms with Gasteiger partial charge in [0, 0.05) is 21.9 Å². The number of rotatable bonds is 0. The van der Waals surface area contributed by atoms with Crippen LogP contribution in [0, 0.1) is 0 Å². The molecule has 12 rings (SSSR count). The molecular formula is C37H30N8+2. The van der Waals surface area contributed by atoms with Crippen molar-refractivity contribution in [1.82, 2.24) is 9.13 Å². The van der Waals surface area contributed by atoms with Gasteiger partial charge in [0.2, 0.25) is 22.6 Å². The number of hydrogen-bond donors (Lipinski definition) is 0. The highest BCUT2D eigenvalue weighted by Crippen LogP contribution is 2.52. The average Bonchev–Trinajstić information content (AvgIpc) is 3.83. The highest BCUT2D eigenvalue weighted by atomic mass is 15.7. The molecule has 0 unspecified atom stereocenters. The zero-order valence-corrected chi connectivity index (χ0v) is 25.6. The largest absolute Gasteiger partial charge is 0.404 e. The number of benzene rings is 3. The number of amidine groups is 4. The van der Waals surface area contributed by atoms with E-state index in [9.17, 15) is 0 Å². The summed E-state index contributed by atoms with van der Waals surface area (Å²) in [6.07, 6.45) is 6.22. The van der Waals surface area contributed by atoms with Gasteiger partial charge in [-0.1, -0.05) is 96.2 Å². The second kappa shape index (κ2) is 8.35. The second-order valence-corrected chi connectivity index (χ2v) is 11.5. The minimum absolute atomic E-state index is 0.843. The topological polar surface area (TPSA) is 65.3 Å². The van der Waals surface area contributed by atoms with E-state index in [0.29, 0.717) is 0 Å². The Hall–Kier alpha value is -5.50. The van der Waals surface area contributed by atoms with Crippen molar-refractivity contribution < 1.29 is 9.15 Å². The molecule has 0 atom stereocenters. The first-order chi connectivity index (χ1) is 22.4. The van der Waals surface area contributed by atoms with E-state index < -0.39 is 5.91 Å². The Morgan fingerprint density at radius 1 is 0.533 bits per heavy atom. The van der Waals surface area contributed by atoms with Crippen molar-refractivity contribution >= 4 is 45.8 Å². The molecule has 8 nitrogen and oxygen atoms in total. The van der Waals surface area contributed by atoms with Crippen molar-refractivity contribution in [1.29, 1.82) is 0 Å². The van der Waals surface area contributed by atoms with Crippen LogP contribution < -0.4 is 11.0 Å². The number of aromatic nitrogens is 2. The lowest BCUT2D eigenvalue weighted by molar-refractivity contribution is -0.790. The van der Waals surface area contributed by atoms with Gasteiger partial charge in [0.15, 0.2) is 0 Å². The first-order valence-corrected chi connectivity index (χ1v) is 16.1. The van der Waals surface area contributed by atoms with Crippen LogP contribution in [0.2, 0.25) is 0 Å². The Kier molecular flexibility index (Phi) is 4.62. The minimum atomic E-state index is -0.883. The third-order valence-corrected chi connectivity index (χ3v) is 9.68. The van der Waals surface area contributed by atoms with Crippen LogP contribution in [0.15, 0.2) is 105 Å². The van der Waals surface area contributed by atoms with Crippen molar-refractivity contribution in [2.24, 2.45) is 20.0 Å². The summed E-state index contributed by atoms with van der Waals surface area (Å²) in [5.74, 6) is 4.79. The van der Waals surface area contributed by atoms with Crippen LogP contribution in [0.3, 0.4) is 0 Å². The van der Waals surface area contributed by atoms with Crippen molar-refractivity contribution in [2.75, 3.05) is 0 Å². The van der Waals surface area contributed by atoms with E-state index >= 15 is 0 Å². The average molecular weight is 587 g/mol. The molecule has 0 radical (unpaired) electrons. The number of nitrogens with zero attached hydrogens (tertiary/aromatic N) is 8. The lowest BCUT2D eigenvalue weighted by Gasteiger charge is -2.40. The lowest BCUT2D eigenvalue weighted by atomic mass is 10.0. The molecular weight excluding hydrogens is 556 g/mol. The fourth-order valence-corrected chi connectivity index (χ4v) is 8.15. The quantitative estimate of drug-likeness (QED) is 0.176. The predicted octanol–water partition coefficient (Wildman–Crippen LogP) is 5.26. The molecule has 7 aliphatic rings. The fraction of sp³-hybridized carbons (Fsp3) is 0.189. The highest BCUT2D eigenvalue weighted by Gasteiger charge is 2.69. The van der Waals surface area contributed by atoms with Crippen LogP contribution in [0.4, 0.5) is 11.6 Å². The Morgan fingerprint density at radius 2 is 0.956 bits per heavy atom. The van der Waals surface area contributed by atoms with Crippen LogP contribution in [-0.4, -0.2) is 41.6 Å². The third kappa shape index (κ3) is 2.53. The summed E-state index contributed by atoms with van der Waals surface area (Å²) in [7, 11) is 0. The maximum Gasteiger partial charge on any atom is 0.404 e. The molecule has 6 aliphatic heterocycles. The standard InChI is InChI=1S/C33H18N8.2C2H6/c1-2-10-18-17(9-1)25-34-27-19-11-3-4-12-20(19)29-36-31-23-15-7-8-16-24(23)32-37-30-22-14-6-5-13-21(22)28-35-26(18)38(25)33(39(27)29,40(28)30)41(31)32;2*1-2/h1-14H,15-16H2;2*1-2H3/q+2;;. The molecule has 1 spiro atoms. The zero-order chi connectivity index (χ0) is 30.2. The molecule has 0 fully saturated rings. The van der Waals surface area contributed by atoms with Gasteiger partial charge in [-0.25, -0.2) is 0 Å². The SMILES string of the molecule is C1=CCc2c(c3n4c2N=C2c5ccccc5C5=[N+]2C42n4c(c6ccccc6c4=N5)=NC4=[N+]2C(=N3)c2ccccc24)C1.CC.CC. The first-order valence-electron chi connectivity index (χ1n) is 16.1. The van der Waals surface area contributed by atoms with Crippen LogP contribution >= 0.6 is 0 Å². The van der Waals surface area contributed by atoms with Gasteiger partial charge in [0.25, 0.3) is 23.3 Å². The van der Waals surface area contributed by atoms with Gasteiger partial charge in [0.05, 0.1) is 22.3 Å². The maximum absolute atomic E-state index is 5.47. The normalized spacial score (nSPS) is 18.1. The van der Waals surface area contributed by atoms with Gasteiger partial charge in [-0.15, -0.1) is 9.15 Å². The van der Waals surface area contributed by atoms with Crippen molar-refractivity contribution in [3.8, 4) is 0 Å². The molecule has 0 amide bonds. The smallest absolute Gasteiger partial charge is 0.193 e. The van der Waals surface area contributed by atoms with E-state index in [0.717, 1.165) is 91.8 Å². The number of fused-ring (bicyclic) bond motifs is 12. The Bertz CT molecular complexity index is 2360. The molecule has 0 N–H and O–H groups in total. The second-order valence-electron chi connectivity index (χ2n) is 11.5. The summed E-state index contributed by atoms with van der Waals surface area (Å²) < 4.78 is 9.47. The summed E-state index contributed by atoms with van der Waals surface area (Å²) in [6.45, 7) is 8.00. The van der Waals surface area contributed by atoms with Crippen LogP contribution in [0.25, 0.3) is 10.8 Å². The summed E-state index contributed by atoms with van der Waals surface area (Å²) in [6, 6.07) is 25.7. The summed E-state index contributed by atoms with van der Waals surface area (Å²) >= 11 is 0. The lowest BCUT2D eigenvalue weighted by Crippen LogP contribution is -2.71. The summed E-state index contributed by atoms with van der Waals surface area (Å²) in [4.78, 5) is 21.8. The van der Waals surface area contributed by atoms with Gasteiger partial charge < -0.3 is 0 Å². The zero-order valence-electron chi connectivity index (χ0n) is 25.6. The highest BCUT2D eigenvalue weighted by molar-refractivity contribution is 6.18. The summed E-state index contributed by atoms with van der Waals surface area (Å²) in [5, 5.41) is 2.20. The van der Waals surface area contributed by atoms with Crippen molar-refractivity contribution in [3.05, 3.63) is 129 Å². The summed E-state index contributed by atoms with van der Waals surface area (Å²) in [5.41, 5.74) is 8.78. The molecule has 5 aromatic rings. The number of hydrogen-bond acceptors (Lipinski definition) is 4.